The number of rotatable bonds is 5. The summed E-state index contributed by atoms with van der Waals surface area (Å²) in [5, 5.41) is 26.4. The van der Waals surface area contributed by atoms with E-state index >= 15 is 0 Å². The Kier molecular flexibility index (Phi) is 6.65. The topological polar surface area (TPSA) is 59.2 Å². The average molecular weight is 419 g/mol. The highest BCUT2D eigenvalue weighted by atomic mass is 32.1. The largest absolute Gasteiger partial charge is 0.867 e. The maximum atomic E-state index is 13.6. The van der Waals surface area contributed by atoms with Gasteiger partial charge in [-0.05, 0) is 67.3 Å². The first-order chi connectivity index (χ1) is 14.3. The Hall–Kier alpha value is -3.02. The Morgan fingerprint density at radius 3 is 2.30 bits per heavy atom. The van der Waals surface area contributed by atoms with Crippen molar-refractivity contribution in [3.8, 4) is 0 Å². The summed E-state index contributed by atoms with van der Waals surface area (Å²) in [5.41, 5.74) is 6.76. The molecular weight excluding hydrogens is 392 g/mol. The van der Waals surface area contributed by atoms with Crippen LogP contribution >= 0.6 is 12.2 Å². The summed E-state index contributed by atoms with van der Waals surface area (Å²) in [6, 6.07) is 15.2. The van der Waals surface area contributed by atoms with Crippen molar-refractivity contribution in [1.29, 1.82) is 0 Å². The molecule has 0 spiro atoms. The molecule has 0 unspecified atom stereocenters. The first-order valence-electron chi connectivity index (χ1n) is 9.79. The van der Waals surface area contributed by atoms with Gasteiger partial charge in [-0.15, -0.1) is 0 Å². The Bertz CT molecular complexity index is 1120. The van der Waals surface area contributed by atoms with Crippen molar-refractivity contribution in [2.45, 2.75) is 34.3 Å². The molecule has 3 aromatic rings. The van der Waals surface area contributed by atoms with Crippen molar-refractivity contribution in [2.75, 3.05) is 5.32 Å². The lowest BCUT2D eigenvalue weighted by atomic mass is 10.0. The molecule has 0 bridgehead atoms. The molecule has 0 saturated heterocycles. The number of aromatic nitrogens is 1. The quantitative estimate of drug-likeness (QED) is 0.286. The molecule has 0 fully saturated rings. The number of nitrogens with one attached hydrogen (secondary N) is 1. The molecule has 1 heterocycles. The number of para-hydroxylation sites is 1. The molecular formula is C25H26N2O2S. The highest BCUT2D eigenvalue weighted by molar-refractivity contribution is 7.81. The highest BCUT2D eigenvalue weighted by Crippen LogP contribution is 2.23. The first-order valence-corrected chi connectivity index (χ1v) is 10.2. The molecule has 5 heteroatoms. The molecule has 0 radical (unpaired) electrons. The van der Waals surface area contributed by atoms with E-state index in [1.54, 1.807) is 29.1 Å². The molecule has 0 amide bonds. The second kappa shape index (κ2) is 9.20. The van der Waals surface area contributed by atoms with Gasteiger partial charge in [0, 0.05) is 17.3 Å². The van der Waals surface area contributed by atoms with Gasteiger partial charge >= 0.3 is 0 Å². The fourth-order valence-corrected chi connectivity index (χ4v) is 3.60. The molecule has 0 aliphatic rings. The molecule has 0 atom stereocenters. The average Bonchev–Trinajstić information content (AvgIpc) is 2.73. The van der Waals surface area contributed by atoms with Crippen LogP contribution in [0.3, 0.4) is 0 Å². The lowest BCUT2D eigenvalue weighted by Crippen LogP contribution is -2.40. The lowest BCUT2D eigenvalue weighted by molar-refractivity contribution is -0.578. The number of thiocarbonyl (C=S) groups is 1. The normalized spacial score (nSPS) is 11.8. The number of pyridine rings is 1. The molecule has 0 saturated carbocycles. The molecule has 4 nitrogen and oxygen atoms in total. The summed E-state index contributed by atoms with van der Waals surface area (Å²) < 4.78 is 1.69. The molecule has 0 aliphatic carbocycles. The maximum absolute atomic E-state index is 13.6. The van der Waals surface area contributed by atoms with E-state index in [4.69, 9.17) is 12.2 Å². The van der Waals surface area contributed by atoms with Crippen LogP contribution in [0.2, 0.25) is 0 Å². The SMILES string of the molecule is Cc1ccc(C([O-])=C(C(=S)Nc2c(C)cccc2C)[n+]2cccc(CO)c2)cc1C. The van der Waals surface area contributed by atoms with Crippen LogP contribution in [0.25, 0.3) is 11.5 Å². The van der Waals surface area contributed by atoms with Crippen LogP contribution in [0, 0.1) is 27.7 Å². The summed E-state index contributed by atoms with van der Waals surface area (Å²) >= 11 is 5.72. The zero-order chi connectivity index (χ0) is 21.8. The zero-order valence-electron chi connectivity index (χ0n) is 17.7. The van der Waals surface area contributed by atoms with Gasteiger partial charge in [0.25, 0.3) is 0 Å². The van der Waals surface area contributed by atoms with Crippen LogP contribution in [0.15, 0.2) is 60.9 Å². The molecule has 2 aromatic carbocycles. The number of aryl methyl sites for hydroxylation is 4. The summed E-state index contributed by atoms with van der Waals surface area (Å²) in [7, 11) is 0. The summed E-state index contributed by atoms with van der Waals surface area (Å²) in [5.74, 6) is -0.179. The third-order valence-electron chi connectivity index (χ3n) is 5.22. The molecule has 1 aromatic heterocycles. The summed E-state index contributed by atoms with van der Waals surface area (Å²) in [4.78, 5) is 0.329. The van der Waals surface area contributed by atoms with Gasteiger partial charge in [0.15, 0.2) is 17.4 Å². The molecule has 0 aliphatic heterocycles. The van der Waals surface area contributed by atoms with Crippen molar-refractivity contribution >= 4 is 34.3 Å². The standard InChI is InChI=1S/C25H26N2O2S/c1-16-10-11-21(13-19(16)4)24(29)23(27-12-6-9-20(14-27)15-28)25(30)26-22-17(2)7-5-8-18(22)3/h5-14,28H,15H2,1-4H3,(H-,26,29,30). The fourth-order valence-electron chi connectivity index (χ4n) is 3.30. The van der Waals surface area contributed by atoms with Gasteiger partial charge in [-0.1, -0.05) is 48.6 Å². The number of nitrogens with zero attached hydrogens (tertiary/aromatic N) is 1. The zero-order valence-corrected chi connectivity index (χ0v) is 18.5. The van der Waals surface area contributed by atoms with Gasteiger partial charge in [0.05, 0.1) is 6.61 Å². The number of anilines is 1. The van der Waals surface area contributed by atoms with Gasteiger partial charge in [-0.2, -0.15) is 4.57 Å². The van der Waals surface area contributed by atoms with Crippen LogP contribution in [0.5, 0.6) is 0 Å². The van der Waals surface area contributed by atoms with E-state index in [-0.39, 0.29) is 12.4 Å². The van der Waals surface area contributed by atoms with E-state index in [0.717, 1.165) is 27.9 Å². The van der Waals surface area contributed by atoms with Gasteiger partial charge in [0.2, 0.25) is 5.70 Å². The molecule has 154 valence electrons. The summed E-state index contributed by atoms with van der Waals surface area (Å²) in [6.45, 7) is 7.88. The van der Waals surface area contributed by atoms with Crippen LogP contribution in [-0.2, 0) is 6.61 Å². The van der Waals surface area contributed by atoms with E-state index in [2.05, 4.69) is 5.32 Å². The highest BCUT2D eigenvalue weighted by Gasteiger charge is 2.20. The van der Waals surface area contributed by atoms with Crippen LogP contribution in [0.4, 0.5) is 5.69 Å². The third kappa shape index (κ3) is 4.58. The van der Waals surface area contributed by atoms with Crippen molar-refractivity contribution in [3.63, 3.8) is 0 Å². The smallest absolute Gasteiger partial charge is 0.238 e. The second-order valence-corrected chi connectivity index (χ2v) is 7.88. The van der Waals surface area contributed by atoms with Crippen molar-refractivity contribution < 1.29 is 14.8 Å². The predicted octanol–water partition coefficient (Wildman–Crippen LogP) is 3.83. The van der Waals surface area contributed by atoms with E-state index in [0.29, 0.717) is 21.8 Å². The second-order valence-electron chi connectivity index (χ2n) is 7.48. The maximum Gasteiger partial charge on any atom is 0.238 e. The van der Waals surface area contributed by atoms with Crippen molar-refractivity contribution in [2.24, 2.45) is 0 Å². The Balaban J connectivity index is 2.16. The summed E-state index contributed by atoms with van der Waals surface area (Å²) in [6.07, 6.45) is 3.50. The molecule has 30 heavy (non-hydrogen) atoms. The lowest BCUT2D eigenvalue weighted by Gasteiger charge is -2.19. The minimum atomic E-state index is -0.179. The number of aliphatic hydroxyl groups is 1. The van der Waals surface area contributed by atoms with Crippen molar-refractivity contribution in [1.82, 2.24) is 0 Å². The van der Waals surface area contributed by atoms with Crippen LogP contribution in [-0.4, -0.2) is 10.1 Å². The Morgan fingerprint density at radius 2 is 1.67 bits per heavy atom. The van der Waals surface area contributed by atoms with Gasteiger partial charge < -0.3 is 15.5 Å². The van der Waals surface area contributed by atoms with Crippen LogP contribution in [0.1, 0.15) is 33.4 Å². The number of aliphatic hydroxyl groups excluding tert-OH is 1. The van der Waals surface area contributed by atoms with Crippen molar-refractivity contribution in [3.05, 3.63) is 94.3 Å². The third-order valence-corrected chi connectivity index (χ3v) is 5.52. The van der Waals surface area contributed by atoms with E-state index < -0.39 is 0 Å². The Morgan fingerprint density at radius 1 is 0.967 bits per heavy atom. The van der Waals surface area contributed by atoms with E-state index in [1.165, 1.54) is 0 Å². The first kappa shape index (κ1) is 21.7. The monoisotopic (exact) mass is 418 g/mol. The van der Waals surface area contributed by atoms with E-state index in [9.17, 15) is 10.2 Å². The number of benzene rings is 2. The predicted molar refractivity (Wildman–Crippen MR) is 124 cm³/mol. The Labute approximate surface area is 183 Å². The molecule has 3 rings (SSSR count). The van der Waals surface area contributed by atoms with Gasteiger partial charge in [-0.25, -0.2) is 0 Å². The fraction of sp³-hybridized carbons (Fsp3) is 0.200. The van der Waals surface area contributed by atoms with Crippen LogP contribution < -0.4 is 15.0 Å². The minimum absolute atomic E-state index is 0.122. The van der Waals surface area contributed by atoms with E-state index in [1.807, 2.05) is 64.1 Å². The minimum Gasteiger partial charge on any atom is -0.867 e. The van der Waals surface area contributed by atoms with Gasteiger partial charge in [0.1, 0.15) is 0 Å². The number of hydrogen-bond donors (Lipinski definition) is 2. The number of hydrogen-bond acceptors (Lipinski definition) is 3. The molecule has 2 N–H and O–H groups in total. The van der Waals surface area contributed by atoms with Gasteiger partial charge in [-0.3, -0.25) is 0 Å².